The molecule has 32 heavy (non-hydrogen) atoms. The van der Waals surface area contributed by atoms with Crippen LogP contribution in [0.15, 0.2) is 48.5 Å². The maximum absolute atomic E-state index is 12.8. The van der Waals surface area contributed by atoms with Crippen molar-refractivity contribution in [3.8, 4) is 0 Å². The highest BCUT2D eigenvalue weighted by molar-refractivity contribution is 5.89. The number of carbonyl (C=O) groups excluding carboxylic acids is 2. The van der Waals surface area contributed by atoms with Gasteiger partial charge in [-0.25, -0.2) is 0 Å². The lowest BCUT2D eigenvalue weighted by atomic mass is 10.0. The molecule has 3 rings (SSSR count). The molecule has 1 aliphatic rings. The van der Waals surface area contributed by atoms with Gasteiger partial charge in [-0.05, 0) is 50.7 Å². The van der Waals surface area contributed by atoms with Gasteiger partial charge in [-0.15, -0.1) is 0 Å². The zero-order chi connectivity index (χ0) is 23.3. The van der Waals surface area contributed by atoms with Gasteiger partial charge >= 0.3 is 0 Å². The van der Waals surface area contributed by atoms with Gasteiger partial charge in [0.15, 0.2) is 0 Å². The van der Waals surface area contributed by atoms with E-state index in [-0.39, 0.29) is 23.8 Å². The molecule has 0 aromatic heterocycles. The minimum atomic E-state index is -0.278. The fourth-order valence-electron chi connectivity index (χ4n) is 4.12. The van der Waals surface area contributed by atoms with Crippen molar-refractivity contribution in [2.75, 3.05) is 52.7 Å². The van der Waals surface area contributed by atoms with Gasteiger partial charge in [-0.2, -0.15) is 0 Å². The summed E-state index contributed by atoms with van der Waals surface area (Å²) >= 11 is 0. The Morgan fingerprint density at radius 2 is 1.72 bits per heavy atom. The molecule has 1 fully saturated rings. The first kappa shape index (κ1) is 23.8. The van der Waals surface area contributed by atoms with Crippen LogP contribution in [0.2, 0.25) is 0 Å². The van der Waals surface area contributed by atoms with Crippen LogP contribution in [0.5, 0.6) is 0 Å². The normalized spacial score (nSPS) is 17.0. The Morgan fingerprint density at radius 1 is 1.06 bits per heavy atom. The molecule has 2 atom stereocenters. The first-order valence-electron chi connectivity index (χ1n) is 11.3. The van der Waals surface area contributed by atoms with E-state index < -0.39 is 0 Å². The van der Waals surface area contributed by atoms with Crippen molar-refractivity contribution in [2.24, 2.45) is 5.92 Å². The van der Waals surface area contributed by atoms with E-state index >= 15 is 0 Å². The number of hydrogen-bond acceptors (Lipinski definition) is 4. The Labute approximate surface area is 192 Å². The van der Waals surface area contributed by atoms with E-state index in [0.717, 1.165) is 17.7 Å². The molecule has 0 spiro atoms. The maximum Gasteiger partial charge on any atom is 0.225 e. The summed E-state index contributed by atoms with van der Waals surface area (Å²) in [7, 11) is 8.07. The SMILES string of the molecule is Cc1ccc(CCN2CC(C(=O)NCC(c3ccc(N(C)C)cc3)N(C)C)CC2=O)cc1. The second kappa shape index (κ2) is 10.6. The van der Waals surface area contributed by atoms with Gasteiger partial charge in [-0.3, -0.25) is 9.59 Å². The molecule has 2 aromatic carbocycles. The molecular formula is C26H36N4O2. The van der Waals surface area contributed by atoms with Gasteiger partial charge < -0.3 is 20.0 Å². The molecule has 0 bridgehead atoms. The highest BCUT2D eigenvalue weighted by atomic mass is 16.2. The van der Waals surface area contributed by atoms with Crippen LogP contribution in [0.1, 0.15) is 29.2 Å². The Kier molecular flexibility index (Phi) is 7.91. The molecule has 6 nitrogen and oxygen atoms in total. The van der Waals surface area contributed by atoms with Crippen LogP contribution in [-0.2, 0) is 16.0 Å². The number of hydrogen-bond donors (Lipinski definition) is 1. The smallest absolute Gasteiger partial charge is 0.225 e. The van der Waals surface area contributed by atoms with Crippen LogP contribution >= 0.6 is 0 Å². The number of benzene rings is 2. The van der Waals surface area contributed by atoms with Gasteiger partial charge in [0.1, 0.15) is 0 Å². The van der Waals surface area contributed by atoms with Crippen molar-refractivity contribution in [1.29, 1.82) is 0 Å². The Balaban J connectivity index is 1.52. The van der Waals surface area contributed by atoms with E-state index in [1.165, 1.54) is 11.1 Å². The van der Waals surface area contributed by atoms with Crippen LogP contribution in [0, 0.1) is 12.8 Å². The molecule has 1 heterocycles. The van der Waals surface area contributed by atoms with E-state index in [0.29, 0.717) is 26.1 Å². The van der Waals surface area contributed by atoms with Crippen molar-refractivity contribution in [2.45, 2.75) is 25.8 Å². The molecule has 172 valence electrons. The summed E-state index contributed by atoms with van der Waals surface area (Å²) in [6.07, 6.45) is 1.11. The van der Waals surface area contributed by atoms with E-state index in [1.54, 1.807) is 0 Å². The van der Waals surface area contributed by atoms with Crippen molar-refractivity contribution < 1.29 is 9.59 Å². The van der Waals surface area contributed by atoms with Crippen LogP contribution in [0.3, 0.4) is 0 Å². The summed E-state index contributed by atoms with van der Waals surface area (Å²) < 4.78 is 0. The third-order valence-electron chi connectivity index (χ3n) is 6.26. The Morgan fingerprint density at radius 3 is 2.31 bits per heavy atom. The number of aryl methyl sites for hydroxylation is 1. The van der Waals surface area contributed by atoms with Crippen molar-refractivity contribution >= 4 is 17.5 Å². The van der Waals surface area contributed by atoms with Crippen molar-refractivity contribution in [3.05, 3.63) is 65.2 Å². The molecule has 2 amide bonds. The molecule has 0 radical (unpaired) electrons. The lowest BCUT2D eigenvalue weighted by Crippen LogP contribution is -2.38. The standard InChI is InChI=1S/C26H36N4O2/c1-19-6-8-20(9-7-19)14-15-30-18-22(16-25(30)31)26(32)27-17-24(29(4)5)21-10-12-23(13-11-21)28(2)3/h6-13,22,24H,14-18H2,1-5H3,(H,27,32). The van der Waals surface area contributed by atoms with E-state index in [2.05, 4.69) is 70.6 Å². The topological polar surface area (TPSA) is 55.9 Å². The summed E-state index contributed by atoms with van der Waals surface area (Å²) in [5, 5.41) is 3.09. The van der Waals surface area contributed by atoms with E-state index in [9.17, 15) is 9.59 Å². The van der Waals surface area contributed by atoms with Crippen LogP contribution in [0.25, 0.3) is 0 Å². The van der Waals surface area contributed by atoms with Gasteiger partial charge in [0.25, 0.3) is 0 Å². The molecule has 2 unspecified atom stereocenters. The minimum absolute atomic E-state index is 0.0343. The largest absolute Gasteiger partial charge is 0.378 e. The number of nitrogens with zero attached hydrogens (tertiary/aromatic N) is 3. The Bertz CT molecular complexity index is 906. The molecular weight excluding hydrogens is 400 g/mol. The van der Waals surface area contributed by atoms with Crippen LogP contribution < -0.4 is 10.2 Å². The molecule has 0 aliphatic carbocycles. The third-order valence-corrected chi connectivity index (χ3v) is 6.26. The zero-order valence-corrected chi connectivity index (χ0v) is 20.0. The summed E-state index contributed by atoms with van der Waals surface area (Å²) in [4.78, 5) is 31.3. The molecule has 1 aliphatic heterocycles. The second-order valence-corrected chi connectivity index (χ2v) is 9.19. The van der Waals surface area contributed by atoms with Gasteiger partial charge in [0.2, 0.25) is 11.8 Å². The molecule has 6 heteroatoms. The quantitative estimate of drug-likeness (QED) is 0.657. The summed E-state index contributed by atoms with van der Waals surface area (Å²) in [6, 6.07) is 16.9. The summed E-state index contributed by atoms with van der Waals surface area (Å²) in [5.74, 6) is -0.243. The van der Waals surface area contributed by atoms with E-state index in [4.69, 9.17) is 0 Å². The molecule has 1 saturated heterocycles. The summed E-state index contributed by atoms with van der Waals surface area (Å²) in [5.41, 5.74) is 4.74. The predicted octanol–water partition coefficient (Wildman–Crippen LogP) is 2.87. The number of likely N-dealkylation sites (N-methyl/N-ethyl adjacent to an activating group) is 1. The predicted molar refractivity (Wildman–Crippen MR) is 130 cm³/mol. The monoisotopic (exact) mass is 436 g/mol. The lowest BCUT2D eigenvalue weighted by molar-refractivity contribution is -0.129. The highest BCUT2D eigenvalue weighted by Gasteiger charge is 2.34. The number of likely N-dealkylation sites (tertiary alicyclic amines) is 1. The molecule has 1 N–H and O–H groups in total. The number of carbonyl (C=O) groups is 2. The average Bonchev–Trinajstić information content (AvgIpc) is 3.14. The first-order valence-corrected chi connectivity index (χ1v) is 11.3. The van der Waals surface area contributed by atoms with Gasteiger partial charge in [0, 0.05) is 45.8 Å². The lowest BCUT2D eigenvalue weighted by Gasteiger charge is -2.26. The third kappa shape index (κ3) is 6.10. The molecule has 0 saturated carbocycles. The van der Waals surface area contributed by atoms with Crippen LogP contribution in [0.4, 0.5) is 5.69 Å². The van der Waals surface area contributed by atoms with Crippen LogP contribution in [-0.4, -0.2) is 69.4 Å². The maximum atomic E-state index is 12.8. The second-order valence-electron chi connectivity index (χ2n) is 9.19. The van der Waals surface area contributed by atoms with Crippen molar-refractivity contribution in [1.82, 2.24) is 15.1 Å². The summed E-state index contributed by atoms with van der Waals surface area (Å²) in [6.45, 7) is 3.74. The van der Waals surface area contributed by atoms with Crippen molar-refractivity contribution in [3.63, 3.8) is 0 Å². The number of rotatable bonds is 9. The molecule has 2 aromatic rings. The van der Waals surface area contributed by atoms with Gasteiger partial charge in [-0.1, -0.05) is 42.0 Å². The first-order chi connectivity index (χ1) is 15.2. The van der Waals surface area contributed by atoms with E-state index in [1.807, 2.05) is 33.1 Å². The average molecular weight is 437 g/mol. The Hall–Kier alpha value is -2.86. The highest BCUT2D eigenvalue weighted by Crippen LogP contribution is 2.22. The van der Waals surface area contributed by atoms with Gasteiger partial charge in [0.05, 0.1) is 12.0 Å². The minimum Gasteiger partial charge on any atom is -0.378 e. The fraction of sp³-hybridized carbons (Fsp3) is 0.462. The number of nitrogens with one attached hydrogen (secondary N) is 1. The zero-order valence-electron chi connectivity index (χ0n) is 20.0. The number of amides is 2. The fourth-order valence-corrected chi connectivity index (χ4v) is 4.12. The number of anilines is 1.